The minimum Gasteiger partial charge on any atom is -0.398 e. The Morgan fingerprint density at radius 1 is 0.386 bits per heavy atom. The lowest BCUT2D eigenvalue weighted by atomic mass is 9.99. The molecule has 0 radical (unpaired) electrons. The number of carbonyl (C=O) groups is 2. The Morgan fingerprint density at radius 3 is 1.03 bits per heavy atom. The molecule has 0 saturated heterocycles. The zero-order valence-corrected chi connectivity index (χ0v) is 39.1. The first-order valence-electron chi connectivity index (χ1n) is 23.1. The molecule has 0 aliphatic rings. The number of hydrogen-bond acceptors (Lipinski definition) is 6. The van der Waals surface area contributed by atoms with Gasteiger partial charge in [0.25, 0.3) is 11.8 Å². The van der Waals surface area contributed by atoms with Crippen molar-refractivity contribution < 1.29 is 18.7 Å². The van der Waals surface area contributed by atoms with Crippen LogP contribution in [0.1, 0.15) is 43.0 Å². The van der Waals surface area contributed by atoms with Gasteiger partial charge in [-0.3, -0.25) is 9.59 Å². The van der Waals surface area contributed by atoms with Crippen molar-refractivity contribution in [1.82, 2.24) is 9.97 Å². The number of amides is 2. The first-order chi connectivity index (χ1) is 33.9. The van der Waals surface area contributed by atoms with E-state index in [4.69, 9.17) is 21.4 Å². The van der Waals surface area contributed by atoms with Crippen LogP contribution >= 0.6 is 0 Å². The summed E-state index contributed by atoms with van der Waals surface area (Å²) in [6.45, 7) is 7.93. The van der Waals surface area contributed by atoms with Crippen LogP contribution in [-0.4, -0.2) is 21.8 Å². The number of nitrogens with one attached hydrogen (secondary N) is 2. The summed E-state index contributed by atoms with van der Waals surface area (Å²) in [6, 6.07) is 59.6. The number of hydrogen-bond donors (Lipinski definition) is 4. The number of fused-ring (bicyclic) bond motifs is 4. The lowest BCUT2D eigenvalue weighted by Crippen LogP contribution is -2.33. The number of para-hydroxylation sites is 2. The lowest BCUT2D eigenvalue weighted by Gasteiger charge is -2.12. The minimum atomic E-state index is -0.211. The van der Waals surface area contributed by atoms with E-state index < -0.39 is 0 Å². The van der Waals surface area contributed by atoms with Gasteiger partial charge in [-0.15, -0.1) is 9.13 Å². The third-order valence-electron chi connectivity index (χ3n) is 13.2. The second-order valence-electron chi connectivity index (χ2n) is 17.9. The molecule has 70 heavy (non-hydrogen) atoms. The number of rotatable bonds is 8. The van der Waals surface area contributed by atoms with Crippen LogP contribution in [0.3, 0.4) is 0 Å². The van der Waals surface area contributed by atoms with E-state index >= 15 is 0 Å². The van der Waals surface area contributed by atoms with Crippen molar-refractivity contribution in [2.24, 2.45) is 0 Å². The number of anilines is 4. The molecule has 0 spiro atoms. The highest BCUT2D eigenvalue weighted by Gasteiger charge is 2.25. The predicted molar refractivity (Wildman–Crippen MR) is 283 cm³/mol. The molecule has 2 aromatic heterocycles. The van der Waals surface area contributed by atoms with E-state index in [9.17, 15) is 9.59 Å². The Labute approximate surface area is 404 Å². The highest BCUT2D eigenvalue weighted by molar-refractivity contribution is 6.07. The molecule has 0 aliphatic heterocycles. The average molecular weight is 913 g/mol. The molecule has 11 rings (SSSR count). The molecule has 0 saturated carbocycles. The Bertz CT molecular complexity index is 3640. The van der Waals surface area contributed by atoms with E-state index in [1.807, 2.05) is 161 Å². The third kappa shape index (κ3) is 7.97. The van der Waals surface area contributed by atoms with Gasteiger partial charge < -0.3 is 22.1 Å². The molecule has 0 atom stereocenters. The van der Waals surface area contributed by atoms with Crippen LogP contribution in [0.25, 0.3) is 77.8 Å². The van der Waals surface area contributed by atoms with E-state index in [1.54, 1.807) is 0 Å². The van der Waals surface area contributed by atoms with Gasteiger partial charge in [-0.2, -0.15) is 0 Å². The van der Waals surface area contributed by atoms with E-state index in [2.05, 4.69) is 68.3 Å². The van der Waals surface area contributed by atoms with Crippen molar-refractivity contribution in [3.8, 4) is 33.6 Å². The van der Waals surface area contributed by atoms with Crippen LogP contribution in [0, 0.1) is 27.7 Å². The number of carbonyl (C=O) groups excluding carboxylic acids is 2. The summed E-state index contributed by atoms with van der Waals surface area (Å²) in [5.41, 5.74) is 33.1. The number of benzene rings is 9. The van der Waals surface area contributed by atoms with Gasteiger partial charge in [0, 0.05) is 71.0 Å². The van der Waals surface area contributed by atoms with Gasteiger partial charge in [-0.05, 0) is 121 Å². The first kappa shape index (κ1) is 43.3. The quantitative estimate of drug-likeness (QED) is 0.0679. The normalized spacial score (nSPS) is 11.4. The standard InChI is InChI=1S/C60H46N8O2/c1-35-27-51-55(31-47(35)61)67(45-11-7-5-8-12-45)57-33-49(37(3)29-53(57)63-51)65-59(69)43-23-19-41(20-24-43)39-15-17-40(18-16-39)42-21-25-44(26-22-42)60(70)66-50-34-58-54(30-38(50)4)64-52-28-36(2)48(62)32-56(52)68(58)46-13-9-6-10-14-46/h5-34H,1-4H3,(H4,61,62,65,66,69,70)/p+2. The molecule has 0 unspecified atom stereocenters. The molecule has 2 heterocycles. The fourth-order valence-electron chi connectivity index (χ4n) is 9.20. The van der Waals surface area contributed by atoms with E-state index in [0.717, 1.165) is 100 Å². The van der Waals surface area contributed by atoms with Gasteiger partial charge >= 0.3 is 0 Å². The molecule has 0 bridgehead atoms. The Morgan fingerprint density at radius 2 is 0.686 bits per heavy atom. The summed E-state index contributed by atoms with van der Waals surface area (Å²) in [4.78, 5) is 37.5. The maximum absolute atomic E-state index is 13.8. The second-order valence-corrected chi connectivity index (χ2v) is 17.9. The summed E-state index contributed by atoms with van der Waals surface area (Å²) >= 11 is 0. The maximum atomic E-state index is 13.8. The maximum Gasteiger partial charge on any atom is 0.255 e. The molecule has 338 valence electrons. The summed E-state index contributed by atoms with van der Waals surface area (Å²) in [6.07, 6.45) is 0. The zero-order chi connectivity index (χ0) is 48.2. The highest BCUT2D eigenvalue weighted by Crippen LogP contribution is 2.31. The van der Waals surface area contributed by atoms with Crippen LogP contribution < -0.4 is 31.2 Å². The van der Waals surface area contributed by atoms with Gasteiger partial charge in [0.2, 0.25) is 33.4 Å². The summed E-state index contributed by atoms with van der Waals surface area (Å²) < 4.78 is 4.28. The third-order valence-corrected chi connectivity index (χ3v) is 13.2. The van der Waals surface area contributed by atoms with Crippen molar-refractivity contribution >= 4 is 78.7 Å². The number of aryl methyl sites for hydroxylation is 4. The molecule has 11 aromatic rings. The Balaban J connectivity index is 0.795. The molecule has 0 aliphatic carbocycles. The number of nitrogen functional groups attached to an aromatic ring is 2. The zero-order valence-electron chi connectivity index (χ0n) is 39.1. The highest BCUT2D eigenvalue weighted by atomic mass is 16.2. The fraction of sp³-hybridized carbons (Fsp3) is 0.0667. The van der Waals surface area contributed by atoms with E-state index in [0.29, 0.717) is 33.9 Å². The molecule has 10 heteroatoms. The molecule has 9 aromatic carbocycles. The smallest absolute Gasteiger partial charge is 0.255 e. The molecule has 2 amide bonds. The molecular weight excluding hydrogens is 865 g/mol. The van der Waals surface area contributed by atoms with E-state index in [1.165, 1.54) is 0 Å². The van der Waals surface area contributed by atoms with Crippen molar-refractivity contribution in [1.29, 1.82) is 0 Å². The van der Waals surface area contributed by atoms with Gasteiger partial charge in [0.05, 0.1) is 11.4 Å². The number of nitrogens with zero attached hydrogens (tertiary/aromatic N) is 4. The van der Waals surface area contributed by atoms with E-state index in [-0.39, 0.29) is 11.8 Å². The van der Waals surface area contributed by atoms with Gasteiger partial charge in [0.15, 0.2) is 0 Å². The topological polar surface area (TPSA) is 144 Å². The number of nitrogens with two attached hydrogens (primary N) is 2. The minimum absolute atomic E-state index is 0.211. The molecular formula is C60H48N8O2+2. The molecule has 6 N–H and O–H groups in total. The molecule has 10 nitrogen and oxygen atoms in total. The predicted octanol–water partition coefficient (Wildman–Crippen LogP) is 11.9. The Hall–Kier alpha value is -9.28. The Kier molecular flexibility index (Phi) is 10.8. The summed E-state index contributed by atoms with van der Waals surface area (Å²) in [5.74, 6) is -0.422. The van der Waals surface area contributed by atoms with Crippen LogP contribution in [0.2, 0.25) is 0 Å². The van der Waals surface area contributed by atoms with Crippen molar-refractivity contribution in [2.75, 3.05) is 22.1 Å². The van der Waals surface area contributed by atoms with Crippen LogP contribution in [0.15, 0.2) is 182 Å². The second kappa shape index (κ2) is 17.4. The number of aromatic nitrogens is 4. The van der Waals surface area contributed by atoms with Gasteiger partial charge in [0.1, 0.15) is 22.1 Å². The lowest BCUT2D eigenvalue weighted by molar-refractivity contribution is -0.538. The fourth-order valence-corrected chi connectivity index (χ4v) is 9.20. The van der Waals surface area contributed by atoms with Crippen LogP contribution in [0.5, 0.6) is 0 Å². The largest absolute Gasteiger partial charge is 0.398 e. The van der Waals surface area contributed by atoms with Gasteiger partial charge in [-0.1, -0.05) is 84.9 Å². The average Bonchev–Trinajstić information content (AvgIpc) is 3.37. The van der Waals surface area contributed by atoms with Crippen molar-refractivity contribution in [2.45, 2.75) is 27.7 Å². The van der Waals surface area contributed by atoms with Crippen molar-refractivity contribution in [3.63, 3.8) is 0 Å². The first-order valence-corrected chi connectivity index (χ1v) is 23.1. The van der Waals surface area contributed by atoms with Crippen molar-refractivity contribution in [3.05, 3.63) is 215 Å². The summed E-state index contributed by atoms with van der Waals surface area (Å²) in [5, 5.41) is 6.32. The summed E-state index contributed by atoms with van der Waals surface area (Å²) in [7, 11) is 0. The monoisotopic (exact) mass is 912 g/mol. The SMILES string of the molecule is Cc1cc2nc3cc(C)c(NC(=O)c4ccc(-c5ccc(-c6ccc(C(=O)Nc7cc8c(cc7C)nc7cc(C)c(N)cc7[n+]8-c7ccccc7)cc6)cc5)cc4)cc3[n+](-c3ccccc3)c2cc1N. The molecule has 0 fully saturated rings. The van der Waals surface area contributed by atoms with Crippen LogP contribution in [-0.2, 0) is 0 Å². The van der Waals surface area contributed by atoms with Crippen LogP contribution in [0.4, 0.5) is 22.7 Å². The van der Waals surface area contributed by atoms with Gasteiger partial charge in [-0.25, -0.2) is 9.97 Å².